The van der Waals surface area contributed by atoms with Gasteiger partial charge >= 0.3 is 0 Å². The molecule has 0 radical (unpaired) electrons. The van der Waals surface area contributed by atoms with Crippen LogP contribution in [0.25, 0.3) is 0 Å². The molecule has 1 aromatic carbocycles. The standard InChI is InChI=1S/C14H22ClN3O2S/c1-9-6-12(15)13(16)8-14(9)21(19,20)17-11-4-5-18(3)10(2)7-11/h6,8,10-11,17H,4-5,7,16H2,1-3H3. The smallest absolute Gasteiger partial charge is 0.241 e. The van der Waals surface area contributed by atoms with E-state index in [0.717, 1.165) is 19.4 Å². The zero-order valence-electron chi connectivity index (χ0n) is 12.6. The molecule has 1 aliphatic rings. The summed E-state index contributed by atoms with van der Waals surface area (Å²) in [6.07, 6.45) is 1.61. The van der Waals surface area contributed by atoms with Crippen molar-refractivity contribution in [2.45, 2.75) is 43.7 Å². The lowest BCUT2D eigenvalue weighted by atomic mass is 10.0. The van der Waals surface area contributed by atoms with E-state index in [0.29, 0.717) is 16.6 Å². The lowest BCUT2D eigenvalue weighted by Crippen LogP contribution is -2.47. The van der Waals surface area contributed by atoms with Crippen molar-refractivity contribution in [1.29, 1.82) is 0 Å². The largest absolute Gasteiger partial charge is 0.397 e. The van der Waals surface area contributed by atoms with Gasteiger partial charge in [-0.2, -0.15) is 0 Å². The highest BCUT2D eigenvalue weighted by Gasteiger charge is 2.28. The van der Waals surface area contributed by atoms with Crippen LogP contribution in [-0.4, -0.2) is 39.0 Å². The first-order valence-electron chi connectivity index (χ1n) is 6.99. The summed E-state index contributed by atoms with van der Waals surface area (Å²) in [6, 6.07) is 3.33. The van der Waals surface area contributed by atoms with Crippen molar-refractivity contribution in [1.82, 2.24) is 9.62 Å². The Morgan fingerprint density at radius 1 is 1.43 bits per heavy atom. The normalized spacial score (nSPS) is 24.2. The van der Waals surface area contributed by atoms with Crippen molar-refractivity contribution in [3.63, 3.8) is 0 Å². The maximum atomic E-state index is 12.5. The number of benzene rings is 1. The van der Waals surface area contributed by atoms with Crippen molar-refractivity contribution < 1.29 is 8.42 Å². The number of hydrogen-bond donors (Lipinski definition) is 2. The molecule has 1 aliphatic heterocycles. The molecule has 2 unspecified atom stereocenters. The van der Waals surface area contributed by atoms with Crippen LogP contribution in [0.2, 0.25) is 5.02 Å². The maximum Gasteiger partial charge on any atom is 0.241 e. The van der Waals surface area contributed by atoms with Crippen molar-refractivity contribution in [3.8, 4) is 0 Å². The molecular formula is C14H22ClN3O2S. The molecular weight excluding hydrogens is 310 g/mol. The van der Waals surface area contributed by atoms with Gasteiger partial charge in [-0.05, 0) is 58.0 Å². The Balaban J connectivity index is 2.21. The predicted octanol–water partition coefficient (Wildman–Crippen LogP) is 1.99. The molecule has 0 amide bonds. The molecule has 0 spiro atoms. The minimum atomic E-state index is -3.58. The van der Waals surface area contributed by atoms with Crippen molar-refractivity contribution >= 4 is 27.3 Å². The highest BCUT2D eigenvalue weighted by molar-refractivity contribution is 7.89. The fourth-order valence-corrected chi connectivity index (χ4v) is 4.40. The highest BCUT2D eigenvalue weighted by Crippen LogP contribution is 2.27. The Hall–Kier alpha value is -0.820. The molecule has 2 rings (SSSR count). The minimum Gasteiger partial charge on any atom is -0.397 e. The fourth-order valence-electron chi connectivity index (χ4n) is 2.64. The molecule has 1 aromatic rings. The number of nitrogens with zero attached hydrogens (tertiary/aromatic N) is 1. The number of nitrogens with two attached hydrogens (primary N) is 1. The van der Waals surface area contributed by atoms with Crippen molar-refractivity contribution in [2.24, 2.45) is 0 Å². The second-order valence-corrected chi connectivity index (χ2v) is 7.90. The van der Waals surface area contributed by atoms with Gasteiger partial charge in [0.2, 0.25) is 10.0 Å². The van der Waals surface area contributed by atoms with E-state index >= 15 is 0 Å². The van der Waals surface area contributed by atoms with Crippen LogP contribution in [0, 0.1) is 6.92 Å². The van der Waals surface area contributed by atoms with Crippen LogP contribution in [0.5, 0.6) is 0 Å². The van der Waals surface area contributed by atoms with Crippen LogP contribution < -0.4 is 10.5 Å². The molecule has 0 bridgehead atoms. The highest BCUT2D eigenvalue weighted by atomic mass is 35.5. The van der Waals surface area contributed by atoms with Crippen LogP contribution >= 0.6 is 11.6 Å². The number of rotatable bonds is 3. The van der Waals surface area contributed by atoms with Gasteiger partial charge < -0.3 is 10.6 Å². The summed E-state index contributed by atoms with van der Waals surface area (Å²) in [5.41, 5.74) is 6.61. The Morgan fingerprint density at radius 2 is 2.10 bits per heavy atom. The topological polar surface area (TPSA) is 75.4 Å². The third-order valence-corrected chi connectivity index (χ3v) is 6.10. The van der Waals surface area contributed by atoms with Gasteiger partial charge in [0.25, 0.3) is 0 Å². The zero-order chi connectivity index (χ0) is 15.8. The number of halogens is 1. The Labute approximate surface area is 131 Å². The molecule has 1 fully saturated rings. The number of hydrogen-bond acceptors (Lipinski definition) is 4. The number of likely N-dealkylation sites (tertiary alicyclic amines) is 1. The molecule has 0 aliphatic carbocycles. The molecule has 7 heteroatoms. The lowest BCUT2D eigenvalue weighted by Gasteiger charge is -2.35. The Bertz CT molecular complexity index is 633. The summed E-state index contributed by atoms with van der Waals surface area (Å²) in [7, 11) is -1.52. The van der Waals surface area contributed by atoms with Crippen LogP contribution in [-0.2, 0) is 10.0 Å². The number of nitrogen functional groups attached to an aromatic ring is 1. The SMILES string of the molecule is Cc1cc(Cl)c(N)cc1S(=O)(=O)NC1CCN(C)C(C)C1. The molecule has 0 saturated carbocycles. The van der Waals surface area contributed by atoms with E-state index in [4.69, 9.17) is 17.3 Å². The van der Waals surface area contributed by atoms with E-state index in [1.54, 1.807) is 13.0 Å². The van der Waals surface area contributed by atoms with Gasteiger partial charge in [-0.3, -0.25) is 0 Å². The predicted molar refractivity (Wildman–Crippen MR) is 86.0 cm³/mol. The van der Waals surface area contributed by atoms with E-state index < -0.39 is 10.0 Å². The molecule has 21 heavy (non-hydrogen) atoms. The van der Waals surface area contributed by atoms with E-state index in [2.05, 4.69) is 23.6 Å². The third kappa shape index (κ3) is 3.69. The number of piperidine rings is 1. The monoisotopic (exact) mass is 331 g/mol. The average molecular weight is 332 g/mol. The van der Waals surface area contributed by atoms with E-state index in [-0.39, 0.29) is 16.6 Å². The summed E-state index contributed by atoms with van der Waals surface area (Å²) in [6.45, 7) is 4.71. The molecule has 1 saturated heterocycles. The quantitative estimate of drug-likeness (QED) is 0.831. The summed E-state index contributed by atoms with van der Waals surface area (Å²) in [4.78, 5) is 2.44. The summed E-state index contributed by atoms with van der Waals surface area (Å²) in [5, 5.41) is 0.374. The number of nitrogens with one attached hydrogen (secondary N) is 1. The second kappa shape index (κ2) is 6.12. The molecule has 2 atom stereocenters. The summed E-state index contributed by atoms with van der Waals surface area (Å²) in [5.74, 6) is 0. The number of sulfonamides is 1. The molecule has 5 nitrogen and oxygen atoms in total. The third-order valence-electron chi connectivity index (χ3n) is 4.11. The minimum absolute atomic E-state index is 0.0440. The van der Waals surface area contributed by atoms with Crippen LogP contribution in [0.4, 0.5) is 5.69 Å². The van der Waals surface area contributed by atoms with Gasteiger partial charge in [0, 0.05) is 12.1 Å². The molecule has 0 aromatic heterocycles. The summed E-state index contributed by atoms with van der Waals surface area (Å²) >= 11 is 5.92. The van der Waals surface area contributed by atoms with Crippen LogP contribution in [0.3, 0.4) is 0 Å². The maximum absolute atomic E-state index is 12.5. The van der Waals surface area contributed by atoms with E-state index in [9.17, 15) is 8.42 Å². The first kappa shape index (κ1) is 16.5. The van der Waals surface area contributed by atoms with E-state index in [1.165, 1.54) is 6.07 Å². The molecule has 118 valence electrons. The first-order valence-corrected chi connectivity index (χ1v) is 8.85. The van der Waals surface area contributed by atoms with Crippen LogP contribution in [0.15, 0.2) is 17.0 Å². The van der Waals surface area contributed by atoms with Gasteiger partial charge in [-0.15, -0.1) is 0 Å². The summed E-state index contributed by atoms with van der Waals surface area (Å²) < 4.78 is 27.9. The van der Waals surface area contributed by atoms with Gasteiger partial charge in [0.15, 0.2) is 0 Å². The molecule has 1 heterocycles. The van der Waals surface area contributed by atoms with Crippen molar-refractivity contribution in [2.75, 3.05) is 19.3 Å². The van der Waals surface area contributed by atoms with Crippen LogP contribution in [0.1, 0.15) is 25.3 Å². The lowest BCUT2D eigenvalue weighted by molar-refractivity contribution is 0.178. The number of anilines is 1. The van der Waals surface area contributed by atoms with Gasteiger partial charge in [-0.25, -0.2) is 13.1 Å². The second-order valence-electron chi connectivity index (χ2n) is 5.81. The Morgan fingerprint density at radius 3 is 2.71 bits per heavy atom. The van der Waals surface area contributed by atoms with Crippen molar-refractivity contribution in [3.05, 3.63) is 22.7 Å². The fraction of sp³-hybridized carbons (Fsp3) is 0.571. The van der Waals surface area contributed by atoms with E-state index in [1.807, 2.05) is 0 Å². The molecule has 3 N–H and O–H groups in total. The van der Waals surface area contributed by atoms with Gasteiger partial charge in [0.05, 0.1) is 15.6 Å². The number of aryl methyl sites for hydroxylation is 1. The average Bonchev–Trinajstić information content (AvgIpc) is 2.37. The van der Waals surface area contributed by atoms with Gasteiger partial charge in [0.1, 0.15) is 0 Å². The Kier molecular flexibility index (Phi) is 4.82. The first-order chi connectivity index (χ1) is 9.70. The van der Waals surface area contributed by atoms with Gasteiger partial charge in [-0.1, -0.05) is 11.6 Å². The zero-order valence-corrected chi connectivity index (χ0v) is 14.1.